The van der Waals surface area contributed by atoms with Crippen LogP contribution in [0.4, 0.5) is 5.69 Å². The van der Waals surface area contributed by atoms with Gasteiger partial charge in [-0.05, 0) is 44.2 Å². The van der Waals surface area contributed by atoms with Crippen LogP contribution < -0.4 is 15.8 Å². The highest BCUT2D eigenvalue weighted by Gasteiger charge is 2.41. The Kier molecular flexibility index (Phi) is 4.01. The zero-order chi connectivity index (χ0) is 14.8. The lowest BCUT2D eigenvalue weighted by Gasteiger charge is -2.20. The van der Waals surface area contributed by atoms with E-state index in [1.54, 1.807) is 18.2 Å². The lowest BCUT2D eigenvalue weighted by molar-refractivity contribution is 0.0728. The molecular formula is C16H22N2O3. The van der Waals surface area contributed by atoms with Crippen LogP contribution >= 0.6 is 0 Å². The zero-order valence-corrected chi connectivity index (χ0v) is 12.3. The molecule has 1 aromatic carbocycles. The molecule has 5 nitrogen and oxygen atoms in total. The van der Waals surface area contributed by atoms with Crippen molar-refractivity contribution in [3.05, 3.63) is 23.8 Å². The molecule has 0 spiro atoms. The molecule has 0 bridgehead atoms. The summed E-state index contributed by atoms with van der Waals surface area (Å²) in [5.74, 6) is 0.979. The zero-order valence-electron chi connectivity index (χ0n) is 12.3. The third-order valence-corrected chi connectivity index (χ3v) is 4.12. The first-order valence-corrected chi connectivity index (χ1v) is 7.64. The number of ether oxygens (including phenoxy) is 2. The van der Waals surface area contributed by atoms with Gasteiger partial charge in [0.25, 0.3) is 5.91 Å². The number of amides is 1. The minimum Gasteiger partial charge on any atom is -0.493 e. The Bertz CT molecular complexity index is 528. The summed E-state index contributed by atoms with van der Waals surface area (Å²) in [6.07, 6.45) is 3.43. The van der Waals surface area contributed by atoms with Gasteiger partial charge in [-0.1, -0.05) is 6.07 Å². The normalized spacial score (nSPS) is 24.8. The first-order chi connectivity index (χ1) is 10.2. The summed E-state index contributed by atoms with van der Waals surface area (Å²) >= 11 is 0. The van der Waals surface area contributed by atoms with Gasteiger partial charge in [-0.15, -0.1) is 0 Å². The lowest BCUT2D eigenvalue weighted by Crippen LogP contribution is -2.41. The molecule has 1 aliphatic carbocycles. The second kappa shape index (κ2) is 5.93. The molecule has 1 saturated carbocycles. The Morgan fingerprint density at radius 2 is 2.24 bits per heavy atom. The summed E-state index contributed by atoms with van der Waals surface area (Å²) in [4.78, 5) is 12.6. The number of hydrogen-bond acceptors (Lipinski definition) is 4. The topological polar surface area (TPSA) is 73.6 Å². The Hall–Kier alpha value is -1.75. The van der Waals surface area contributed by atoms with Gasteiger partial charge in [0.2, 0.25) is 0 Å². The molecule has 1 heterocycles. The number of carbonyl (C=O) groups excluding carboxylic acids is 1. The predicted molar refractivity (Wildman–Crippen MR) is 80.4 cm³/mol. The summed E-state index contributed by atoms with van der Waals surface area (Å²) in [7, 11) is 0. The molecule has 114 valence electrons. The van der Waals surface area contributed by atoms with E-state index in [1.165, 1.54) is 12.8 Å². The fourth-order valence-corrected chi connectivity index (χ4v) is 2.96. The highest BCUT2D eigenvalue weighted by atomic mass is 16.5. The summed E-state index contributed by atoms with van der Waals surface area (Å²) in [6.45, 7) is 3.11. The molecule has 1 aromatic rings. The number of carbonyl (C=O) groups is 1. The molecule has 2 atom stereocenters. The maximum absolute atomic E-state index is 12.6. The van der Waals surface area contributed by atoms with Crippen molar-refractivity contribution in [1.29, 1.82) is 0 Å². The van der Waals surface area contributed by atoms with Gasteiger partial charge in [-0.25, -0.2) is 0 Å². The van der Waals surface area contributed by atoms with Crippen LogP contribution in [0.2, 0.25) is 0 Å². The number of nitrogens with two attached hydrogens (primary N) is 1. The molecule has 1 aliphatic heterocycles. The van der Waals surface area contributed by atoms with Gasteiger partial charge in [0, 0.05) is 12.3 Å². The third-order valence-electron chi connectivity index (χ3n) is 4.12. The Morgan fingerprint density at radius 3 is 2.95 bits per heavy atom. The van der Waals surface area contributed by atoms with Gasteiger partial charge in [0.05, 0.1) is 18.8 Å². The van der Waals surface area contributed by atoms with Crippen LogP contribution in [-0.4, -0.2) is 31.3 Å². The molecule has 3 N–H and O–H groups in total. The molecule has 2 unspecified atom stereocenters. The highest BCUT2D eigenvalue weighted by molar-refractivity contribution is 6.02. The van der Waals surface area contributed by atoms with Crippen molar-refractivity contribution in [2.75, 3.05) is 18.9 Å². The second-order valence-corrected chi connectivity index (χ2v) is 5.69. The van der Waals surface area contributed by atoms with Gasteiger partial charge in [-0.3, -0.25) is 4.79 Å². The fraction of sp³-hybridized carbons (Fsp3) is 0.562. The van der Waals surface area contributed by atoms with Crippen molar-refractivity contribution < 1.29 is 14.3 Å². The molecule has 2 fully saturated rings. The van der Waals surface area contributed by atoms with Crippen LogP contribution in [0.1, 0.15) is 36.5 Å². The largest absolute Gasteiger partial charge is 0.493 e. The average molecular weight is 290 g/mol. The van der Waals surface area contributed by atoms with E-state index in [0.29, 0.717) is 36.1 Å². The lowest BCUT2D eigenvalue weighted by atomic mass is 10.0. The van der Waals surface area contributed by atoms with E-state index in [-0.39, 0.29) is 18.1 Å². The van der Waals surface area contributed by atoms with Crippen molar-refractivity contribution >= 4 is 11.6 Å². The number of benzene rings is 1. The van der Waals surface area contributed by atoms with Crippen LogP contribution in [0.25, 0.3) is 0 Å². The minimum atomic E-state index is -0.169. The maximum Gasteiger partial charge on any atom is 0.257 e. The fourth-order valence-electron chi connectivity index (χ4n) is 2.96. The molecule has 1 saturated heterocycles. The summed E-state index contributed by atoms with van der Waals surface area (Å²) < 4.78 is 11.3. The van der Waals surface area contributed by atoms with Crippen molar-refractivity contribution in [2.24, 2.45) is 5.92 Å². The summed E-state index contributed by atoms with van der Waals surface area (Å²) in [5.41, 5.74) is 6.84. The van der Waals surface area contributed by atoms with Gasteiger partial charge in [0.15, 0.2) is 0 Å². The Balaban J connectivity index is 1.75. The van der Waals surface area contributed by atoms with Gasteiger partial charge >= 0.3 is 0 Å². The van der Waals surface area contributed by atoms with Crippen molar-refractivity contribution in [1.82, 2.24) is 5.32 Å². The molecule has 5 heteroatoms. The van der Waals surface area contributed by atoms with Crippen molar-refractivity contribution in [2.45, 2.75) is 38.3 Å². The molecule has 0 radical (unpaired) electrons. The monoisotopic (exact) mass is 290 g/mol. The SMILES string of the molecule is CCOc1cccc(N)c1C(=O)NC1CCOC1C1CC1. The first kappa shape index (κ1) is 14.2. The van der Waals surface area contributed by atoms with Crippen molar-refractivity contribution in [3.8, 4) is 5.75 Å². The van der Waals surface area contributed by atoms with E-state index in [4.69, 9.17) is 15.2 Å². The molecule has 2 aliphatic rings. The smallest absolute Gasteiger partial charge is 0.257 e. The van der Waals surface area contributed by atoms with Crippen LogP contribution in [0.5, 0.6) is 5.75 Å². The van der Waals surface area contributed by atoms with E-state index in [0.717, 1.165) is 6.42 Å². The van der Waals surface area contributed by atoms with Crippen LogP contribution in [0.15, 0.2) is 18.2 Å². The predicted octanol–water partition coefficient (Wildman–Crippen LogP) is 1.96. The van der Waals surface area contributed by atoms with Gasteiger partial charge in [-0.2, -0.15) is 0 Å². The van der Waals surface area contributed by atoms with Crippen LogP contribution in [0.3, 0.4) is 0 Å². The molecule has 21 heavy (non-hydrogen) atoms. The van der Waals surface area contributed by atoms with Crippen molar-refractivity contribution in [3.63, 3.8) is 0 Å². The highest BCUT2D eigenvalue weighted by Crippen LogP contribution is 2.39. The third kappa shape index (κ3) is 2.97. The molecular weight excluding hydrogens is 268 g/mol. The number of anilines is 1. The number of hydrogen-bond donors (Lipinski definition) is 2. The average Bonchev–Trinajstić information content (AvgIpc) is 3.20. The molecule has 3 rings (SSSR count). The summed E-state index contributed by atoms with van der Waals surface area (Å²) in [5, 5.41) is 3.08. The minimum absolute atomic E-state index is 0.0825. The van der Waals surface area contributed by atoms with Crippen LogP contribution in [-0.2, 0) is 4.74 Å². The van der Waals surface area contributed by atoms with Gasteiger partial charge < -0.3 is 20.5 Å². The maximum atomic E-state index is 12.6. The van der Waals surface area contributed by atoms with E-state index in [9.17, 15) is 4.79 Å². The van der Waals surface area contributed by atoms with E-state index in [2.05, 4.69) is 5.32 Å². The number of rotatable bonds is 5. The van der Waals surface area contributed by atoms with E-state index < -0.39 is 0 Å². The Labute approximate surface area is 124 Å². The van der Waals surface area contributed by atoms with E-state index in [1.807, 2.05) is 6.92 Å². The molecule has 0 aromatic heterocycles. The number of nitrogen functional groups attached to an aromatic ring is 1. The number of nitrogens with one attached hydrogen (secondary N) is 1. The molecule has 1 amide bonds. The van der Waals surface area contributed by atoms with Crippen LogP contribution in [0, 0.1) is 5.92 Å². The quantitative estimate of drug-likeness (QED) is 0.813. The van der Waals surface area contributed by atoms with E-state index >= 15 is 0 Å². The van der Waals surface area contributed by atoms with Gasteiger partial charge in [0.1, 0.15) is 11.3 Å². The Morgan fingerprint density at radius 1 is 1.43 bits per heavy atom. The first-order valence-electron chi connectivity index (χ1n) is 7.64. The standard InChI is InChI=1S/C16H22N2O3/c1-2-20-13-5-3-4-11(17)14(13)16(19)18-12-8-9-21-15(12)10-6-7-10/h3-5,10,12,15H,2,6-9,17H2,1H3,(H,18,19). The second-order valence-electron chi connectivity index (χ2n) is 5.69. The summed E-state index contributed by atoms with van der Waals surface area (Å²) in [6, 6.07) is 5.38.